The van der Waals surface area contributed by atoms with E-state index in [2.05, 4.69) is 10.5 Å². The molecule has 0 bridgehead atoms. The molecule has 0 heterocycles. The van der Waals surface area contributed by atoms with Gasteiger partial charge >= 0.3 is 11.8 Å². The van der Waals surface area contributed by atoms with Gasteiger partial charge in [0, 0.05) is 17.5 Å². The molecular weight excluding hydrogens is 362 g/mol. The number of ether oxygens (including phenoxy) is 1. The summed E-state index contributed by atoms with van der Waals surface area (Å²) in [5, 5.41) is 18.0. The molecule has 2 rings (SSSR count). The van der Waals surface area contributed by atoms with Crippen LogP contribution in [0.2, 0.25) is 0 Å². The zero-order chi connectivity index (χ0) is 20.7. The zero-order valence-corrected chi connectivity index (χ0v) is 17.0. The predicted molar refractivity (Wildman–Crippen MR) is 107 cm³/mol. The van der Waals surface area contributed by atoms with E-state index in [0.717, 1.165) is 31.2 Å². The van der Waals surface area contributed by atoms with Crippen LogP contribution in [0.3, 0.4) is 0 Å². The largest absolute Gasteiger partial charge is 0.480 e. The molecule has 0 unspecified atom stereocenters. The van der Waals surface area contributed by atoms with Gasteiger partial charge < -0.3 is 10.1 Å². The number of aryl methyl sites for hydroxylation is 1. The van der Waals surface area contributed by atoms with Gasteiger partial charge in [0.15, 0.2) is 5.75 Å². The first kappa shape index (κ1) is 21.7. The van der Waals surface area contributed by atoms with E-state index in [9.17, 15) is 14.9 Å². The van der Waals surface area contributed by atoms with E-state index in [1.807, 2.05) is 20.8 Å². The number of amides is 1. The maximum atomic E-state index is 12.0. The van der Waals surface area contributed by atoms with Crippen molar-refractivity contribution in [3.8, 4) is 5.75 Å². The second-order valence-electron chi connectivity index (χ2n) is 8.16. The molecule has 8 heteroatoms. The molecule has 1 saturated carbocycles. The van der Waals surface area contributed by atoms with Crippen molar-refractivity contribution >= 4 is 17.5 Å². The monoisotopic (exact) mass is 391 g/mol. The summed E-state index contributed by atoms with van der Waals surface area (Å²) in [6.07, 6.45) is 4.71. The van der Waals surface area contributed by atoms with Crippen molar-refractivity contribution in [1.29, 1.82) is 0 Å². The molecule has 0 aliphatic heterocycles. The van der Waals surface area contributed by atoms with Crippen LogP contribution in [0.4, 0.5) is 10.5 Å². The molecule has 154 valence electrons. The van der Waals surface area contributed by atoms with E-state index in [4.69, 9.17) is 9.57 Å². The molecule has 1 N–H and O–H groups in total. The van der Waals surface area contributed by atoms with Gasteiger partial charge in [-0.05, 0) is 31.4 Å². The summed E-state index contributed by atoms with van der Waals surface area (Å²) in [5.74, 6) is 0.152. The molecule has 28 heavy (non-hydrogen) atoms. The van der Waals surface area contributed by atoms with Gasteiger partial charge in [-0.1, -0.05) is 51.3 Å². The lowest BCUT2D eigenvalue weighted by Gasteiger charge is -2.23. The Kier molecular flexibility index (Phi) is 7.37. The van der Waals surface area contributed by atoms with Crippen LogP contribution in [0.5, 0.6) is 5.75 Å². The third-order valence-electron chi connectivity index (χ3n) is 4.71. The molecular formula is C20H29N3O5. The summed E-state index contributed by atoms with van der Waals surface area (Å²) < 4.78 is 5.64. The van der Waals surface area contributed by atoms with Crippen LogP contribution >= 0.6 is 0 Å². The molecule has 8 nitrogen and oxygen atoms in total. The van der Waals surface area contributed by atoms with Gasteiger partial charge in [0.1, 0.15) is 12.3 Å². The minimum absolute atomic E-state index is 0.0237. The van der Waals surface area contributed by atoms with E-state index in [-0.39, 0.29) is 24.1 Å². The Hall–Kier alpha value is -2.64. The second-order valence-corrected chi connectivity index (χ2v) is 8.16. The Morgan fingerprint density at radius 1 is 1.29 bits per heavy atom. The Morgan fingerprint density at radius 3 is 2.57 bits per heavy atom. The third kappa shape index (κ3) is 6.51. The topological polar surface area (TPSA) is 103 Å². The third-order valence-corrected chi connectivity index (χ3v) is 4.71. The minimum Gasteiger partial charge on any atom is -0.480 e. The number of oxime groups is 1. The average molecular weight is 391 g/mol. The van der Waals surface area contributed by atoms with Crippen LogP contribution in [0.25, 0.3) is 0 Å². The van der Waals surface area contributed by atoms with Gasteiger partial charge in [0.25, 0.3) is 0 Å². The maximum absolute atomic E-state index is 12.0. The van der Waals surface area contributed by atoms with E-state index >= 15 is 0 Å². The summed E-state index contributed by atoms with van der Waals surface area (Å²) in [6.45, 7) is 7.46. The highest BCUT2D eigenvalue weighted by Gasteiger charge is 2.24. The minimum atomic E-state index is -0.588. The van der Waals surface area contributed by atoms with Crippen LogP contribution in [-0.4, -0.2) is 29.4 Å². The van der Waals surface area contributed by atoms with E-state index in [1.165, 1.54) is 12.5 Å². The van der Waals surface area contributed by atoms with E-state index in [1.54, 1.807) is 19.1 Å². The fourth-order valence-corrected chi connectivity index (χ4v) is 2.95. The first-order valence-electron chi connectivity index (χ1n) is 9.59. The summed E-state index contributed by atoms with van der Waals surface area (Å²) >= 11 is 0. The van der Waals surface area contributed by atoms with Crippen molar-refractivity contribution in [3.63, 3.8) is 0 Å². The molecule has 0 aromatic heterocycles. The lowest BCUT2D eigenvalue weighted by molar-refractivity contribution is -0.385. The molecule has 0 atom stereocenters. The Bertz CT molecular complexity index is 734. The lowest BCUT2D eigenvalue weighted by Crippen LogP contribution is -2.36. The highest BCUT2D eigenvalue weighted by atomic mass is 16.7. The molecule has 1 amide bonds. The number of nitro benzene ring substituents is 1. The summed E-state index contributed by atoms with van der Waals surface area (Å²) in [7, 11) is 0. The number of carbonyl (C=O) groups excluding carboxylic acids is 1. The van der Waals surface area contributed by atoms with Crippen molar-refractivity contribution < 1.29 is 19.3 Å². The fraction of sp³-hybridized carbons (Fsp3) is 0.600. The van der Waals surface area contributed by atoms with Gasteiger partial charge in [-0.3, -0.25) is 15.0 Å². The standard InChI is InChI=1S/C20H29N3O5/c1-14-10-11-17(16(12-14)23(25)26)27-13-18(20(2,3)4)22-28-19(24)21-15-8-6-5-7-9-15/h10-12,15H,5-9,13H2,1-4H3,(H,21,24)/b22-18+. The Balaban J connectivity index is 2.03. The van der Waals surface area contributed by atoms with E-state index < -0.39 is 16.4 Å². The number of benzene rings is 1. The van der Waals surface area contributed by atoms with Gasteiger partial charge in [0.2, 0.25) is 0 Å². The molecule has 1 aromatic carbocycles. The van der Waals surface area contributed by atoms with Crippen molar-refractivity contribution in [2.24, 2.45) is 10.6 Å². The fourth-order valence-electron chi connectivity index (χ4n) is 2.95. The number of nitro groups is 1. The molecule has 0 radical (unpaired) electrons. The number of rotatable bonds is 6. The summed E-state index contributed by atoms with van der Waals surface area (Å²) in [4.78, 5) is 27.8. The quantitative estimate of drug-likeness (QED) is 0.326. The Morgan fingerprint density at radius 2 is 1.96 bits per heavy atom. The van der Waals surface area contributed by atoms with Gasteiger partial charge in [-0.25, -0.2) is 4.79 Å². The van der Waals surface area contributed by atoms with E-state index in [0.29, 0.717) is 5.71 Å². The Labute approximate surface area is 165 Å². The molecule has 1 aromatic rings. The number of hydrogen-bond donors (Lipinski definition) is 1. The summed E-state index contributed by atoms with van der Waals surface area (Å²) in [6, 6.07) is 4.88. The van der Waals surface area contributed by atoms with Crippen molar-refractivity contribution in [3.05, 3.63) is 33.9 Å². The van der Waals surface area contributed by atoms with Crippen molar-refractivity contribution in [1.82, 2.24) is 5.32 Å². The lowest BCUT2D eigenvalue weighted by atomic mass is 9.90. The van der Waals surface area contributed by atoms with Crippen LogP contribution in [0, 0.1) is 22.5 Å². The molecule has 1 fully saturated rings. The molecule has 0 spiro atoms. The van der Waals surface area contributed by atoms with Crippen LogP contribution < -0.4 is 10.1 Å². The average Bonchev–Trinajstić information content (AvgIpc) is 2.62. The maximum Gasteiger partial charge on any atom is 0.433 e. The second kappa shape index (κ2) is 9.52. The molecule has 1 aliphatic rings. The predicted octanol–water partition coefficient (Wildman–Crippen LogP) is 4.74. The number of nitrogens with one attached hydrogen (secondary N) is 1. The molecule has 0 saturated heterocycles. The van der Waals surface area contributed by atoms with Crippen LogP contribution in [0.1, 0.15) is 58.4 Å². The van der Waals surface area contributed by atoms with Gasteiger partial charge in [-0.2, -0.15) is 0 Å². The zero-order valence-electron chi connectivity index (χ0n) is 17.0. The highest BCUT2D eigenvalue weighted by molar-refractivity contribution is 5.90. The first-order valence-corrected chi connectivity index (χ1v) is 9.59. The highest BCUT2D eigenvalue weighted by Crippen LogP contribution is 2.28. The summed E-state index contributed by atoms with van der Waals surface area (Å²) in [5.41, 5.74) is 0.696. The van der Waals surface area contributed by atoms with Gasteiger partial charge in [-0.15, -0.1) is 0 Å². The van der Waals surface area contributed by atoms with Crippen molar-refractivity contribution in [2.75, 3.05) is 6.61 Å². The number of hydrogen-bond acceptors (Lipinski definition) is 6. The normalized spacial score (nSPS) is 15.8. The van der Waals surface area contributed by atoms with Crippen LogP contribution in [-0.2, 0) is 4.84 Å². The number of nitrogens with zero attached hydrogens (tertiary/aromatic N) is 2. The SMILES string of the molecule is Cc1ccc(OC/C(=N\OC(=O)NC2CCCCC2)C(C)(C)C)c([N+](=O)[O-])c1. The smallest absolute Gasteiger partial charge is 0.433 e. The van der Waals surface area contributed by atoms with Crippen LogP contribution in [0.15, 0.2) is 23.4 Å². The molecule has 1 aliphatic carbocycles. The number of carbonyl (C=O) groups is 1. The van der Waals surface area contributed by atoms with Crippen molar-refractivity contribution in [2.45, 2.75) is 65.8 Å². The van der Waals surface area contributed by atoms with Gasteiger partial charge in [0.05, 0.1) is 4.92 Å². The first-order chi connectivity index (χ1) is 13.2.